The van der Waals surface area contributed by atoms with Crippen LogP contribution in [0.15, 0.2) is 24.3 Å². The third-order valence-corrected chi connectivity index (χ3v) is 3.98. The van der Waals surface area contributed by atoms with Crippen LogP contribution in [0.2, 0.25) is 0 Å². The lowest BCUT2D eigenvalue weighted by molar-refractivity contribution is -0.140. The van der Waals surface area contributed by atoms with Gasteiger partial charge in [0.1, 0.15) is 5.82 Å². The summed E-state index contributed by atoms with van der Waals surface area (Å²) in [6.07, 6.45) is 0.101. The predicted molar refractivity (Wildman–Crippen MR) is 78.0 cm³/mol. The molecule has 1 fully saturated rings. The van der Waals surface area contributed by atoms with E-state index in [1.165, 1.54) is 0 Å². The molecule has 1 aliphatic rings. The second kappa shape index (κ2) is 5.83. The molecule has 0 amide bonds. The highest BCUT2D eigenvalue weighted by atomic mass is 16.5. The van der Waals surface area contributed by atoms with Crippen LogP contribution in [0.5, 0.6) is 0 Å². The number of para-hydroxylation sites is 2. The van der Waals surface area contributed by atoms with E-state index >= 15 is 0 Å². The molecule has 0 saturated carbocycles. The van der Waals surface area contributed by atoms with Gasteiger partial charge < -0.3 is 14.4 Å². The molecule has 1 saturated heterocycles. The molecule has 6 heteroatoms. The Kier molecular flexibility index (Phi) is 3.90. The van der Waals surface area contributed by atoms with E-state index in [9.17, 15) is 4.79 Å². The summed E-state index contributed by atoms with van der Waals surface area (Å²) in [6.45, 7) is 2.49. The fraction of sp³-hybridized carbons (Fsp3) is 0.467. The summed E-state index contributed by atoms with van der Waals surface area (Å²) in [4.78, 5) is 17.8. The number of carbonyl (C=O) groups is 1. The maximum Gasteiger partial charge on any atom is 0.305 e. The fourth-order valence-electron chi connectivity index (χ4n) is 2.81. The quantitative estimate of drug-likeness (QED) is 0.917. The molecule has 112 valence electrons. The van der Waals surface area contributed by atoms with Gasteiger partial charge in [-0.25, -0.2) is 4.98 Å². The SMILES string of the molecule is Cn1c(CN2CCOCC2CC(=O)O)nc2ccccc21. The molecular formula is C15H19N3O3. The topological polar surface area (TPSA) is 67.6 Å². The highest BCUT2D eigenvalue weighted by Gasteiger charge is 2.26. The molecule has 1 N–H and O–H groups in total. The normalized spacial score (nSPS) is 20.0. The molecule has 0 radical (unpaired) electrons. The van der Waals surface area contributed by atoms with Gasteiger partial charge in [-0.3, -0.25) is 9.69 Å². The van der Waals surface area contributed by atoms with Crippen molar-refractivity contribution in [2.45, 2.75) is 19.0 Å². The van der Waals surface area contributed by atoms with Crippen molar-refractivity contribution < 1.29 is 14.6 Å². The third-order valence-electron chi connectivity index (χ3n) is 3.98. The second-order valence-corrected chi connectivity index (χ2v) is 5.37. The van der Waals surface area contributed by atoms with Crippen LogP contribution in [-0.4, -0.2) is 51.3 Å². The van der Waals surface area contributed by atoms with Gasteiger partial charge in [0.25, 0.3) is 0 Å². The van der Waals surface area contributed by atoms with E-state index in [0.29, 0.717) is 19.8 Å². The van der Waals surface area contributed by atoms with Gasteiger partial charge in [0.05, 0.1) is 37.2 Å². The molecule has 2 heterocycles. The monoisotopic (exact) mass is 289 g/mol. The number of aliphatic carboxylic acids is 1. The van der Waals surface area contributed by atoms with E-state index < -0.39 is 5.97 Å². The van der Waals surface area contributed by atoms with E-state index in [2.05, 4.69) is 14.5 Å². The number of aromatic nitrogens is 2. The van der Waals surface area contributed by atoms with Crippen molar-refractivity contribution >= 4 is 17.0 Å². The highest BCUT2D eigenvalue weighted by molar-refractivity contribution is 5.75. The number of benzene rings is 1. The van der Waals surface area contributed by atoms with Crippen molar-refractivity contribution in [1.82, 2.24) is 14.5 Å². The summed E-state index contributed by atoms with van der Waals surface area (Å²) in [5.74, 6) is 0.161. The summed E-state index contributed by atoms with van der Waals surface area (Å²) < 4.78 is 7.48. The van der Waals surface area contributed by atoms with Gasteiger partial charge in [0.2, 0.25) is 0 Å². The smallest absolute Gasteiger partial charge is 0.305 e. The Bertz CT molecular complexity index is 653. The van der Waals surface area contributed by atoms with Crippen LogP contribution < -0.4 is 0 Å². The van der Waals surface area contributed by atoms with Gasteiger partial charge in [0, 0.05) is 19.6 Å². The third kappa shape index (κ3) is 2.91. The van der Waals surface area contributed by atoms with Crippen LogP contribution >= 0.6 is 0 Å². The maximum atomic E-state index is 11.0. The summed E-state index contributed by atoms with van der Waals surface area (Å²) in [7, 11) is 2.00. The number of ether oxygens (including phenoxy) is 1. The lowest BCUT2D eigenvalue weighted by Gasteiger charge is -2.34. The van der Waals surface area contributed by atoms with Crippen LogP contribution in [0.4, 0.5) is 0 Å². The molecule has 0 spiro atoms. The number of morpholine rings is 1. The Morgan fingerprint density at radius 1 is 1.48 bits per heavy atom. The van der Waals surface area contributed by atoms with Crippen LogP contribution in [-0.2, 0) is 23.1 Å². The Morgan fingerprint density at radius 3 is 3.05 bits per heavy atom. The largest absolute Gasteiger partial charge is 0.481 e. The second-order valence-electron chi connectivity index (χ2n) is 5.37. The number of aryl methyl sites for hydroxylation is 1. The number of hydrogen-bond donors (Lipinski definition) is 1. The molecule has 1 aromatic carbocycles. The van der Waals surface area contributed by atoms with Gasteiger partial charge in [-0.2, -0.15) is 0 Å². The van der Waals surface area contributed by atoms with Crippen molar-refractivity contribution in [1.29, 1.82) is 0 Å². The number of imidazole rings is 1. The van der Waals surface area contributed by atoms with Crippen molar-refractivity contribution in [3.05, 3.63) is 30.1 Å². The average molecular weight is 289 g/mol. The molecule has 1 unspecified atom stereocenters. The molecule has 1 atom stereocenters. The number of fused-ring (bicyclic) bond motifs is 1. The molecule has 1 aromatic heterocycles. The minimum Gasteiger partial charge on any atom is -0.481 e. The predicted octanol–water partition coefficient (Wildman–Crippen LogP) is 1.25. The van der Waals surface area contributed by atoms with Crippen LogP contribution in [0.3, 0.4) is 0 Å². The highest BCUT2D eigenvalue weighted by Crippen LogP contribution is 2.18. The zero-order chi connectivity index (χ0) is 14.8. The van der Waals surface area contributed by atoms with E-state index in [4.69, 9.17) is 9.84 Å². The van der Waals surface area contributed by atoms with Gasteiger partial charge >= 0.3 is 5.97 Å². The van der Waals surface area contributed by atoms with Gasteiger partial charge in [-0.15, -0.1) is 0 Å². The first-order chi connectivity index (χ1) is 10.1. The molecule has 2 aromatic rings. The molecule has 1 aliphatic heterocycles. The lowest BCUT2D eigenvalue weighted by Crippen LogP contribution is -2.46. The maximum absolute atomic E-state index is 11.0. The van der Waals surface area contributed by atoms with Crippen LogP contribution in [0, 0.1) is 0 Å². The molecule has 0 aliphatic carbocycles. The van der Waals surface area contributed by atoms with Crippen LogP contribution in [0.25, 0.3) is 11.0 Å². The van der Waals surface area contributed by atoms with Crippen molar-refractivity contribution in [3.8, 4) is 0 Å². The Labute approximate surface area is 122 Å². The summed E-state index contributed by atoms with van der Waals surface area (Å²) in [5.41, 5.74) is 2.06. The number of hydrogen-bond acceptors (Lipinski definition) is 4. The summed E-state index contributed by atoms with van der Waals surface area (Å²) in [6, 6.07) is 7.92. The lowest BCUT2D eigenvalue weighted by atomic mass is 10.1. The molecule has 21 heavy (non-hydrogen) atoms. The Balaban J connectivity index is 1.82. The minimum absolute atomic E-state index is 0.0870. The van der Waals surface area contributed by atoms with Gasteiger partial charge in [-0.1, -0.05) is 12.1 Å². The van der Waals surface area contributed by atoms with E-state index in [0.717, 1.165) is 23.4 Å². The summed E-state index contributed by atoms with van der Waals surface area (Å²) in [5, 5.41) is 9.02. The number of carboxylic acid groups (broad SMARTS) is 1. The van der Waals surface area contributed by atoms with E-state index in [1.54, 1.807) is 0 Å². The fourth-order valence-corrected chi connectivity index (χ4v) is 2.81. The van der Waals surface area contributed by atoms with Gasteiger partial charge in [-0.05, 0) is 12.1 Å². The van der Waals surface area contributed by atoms with E-state index in [1.807, 2.05) is 31.3 Å². The zero-order valence-corrected chi connectivity index (χ0v) is 12.0. The Morgan fingerprint density at radius 2 is 2.29 bits per heavy atom. The number of rotatable bonds is 4. The van der Waals surface area contributed by atoms with E-state index in [-0.39, 0.29) is 12.5 Å². The number of nitrogens with zero attached hydrogens (tertiary/aromatic N) is 3. The van der Waals surface area contributed by atoms with Crippen molar-refractivity contribution in [2.24, 2.45) is 7.05 Å². The number of carboxylic acids is 1. The average Bonchev–Trinajstić information content (AvgIpc) is 2.78. The first-order valence-corrected chi connectivity index (χ1v) is 7.09. The molecule has 6 nitrogen and oxygen atoms in total. The minimum atomic E-state index is -0.791. The van der Waals surface area contributed by atoms with Crippen molar-refractivity contribution in [2.75, 3.05) is 19.8 Å². The molecule has 3 rings (SSSR count). The standard InChI is InChI=1S/C15H19N3O3/c1-17-13-5-3-2-4-12(13)16-14(17)9-18-6-7-21-10-11(18)8-15(19)20/h2-5,11H,6-10H2,1H3,(H,19,20). The molecule has 0 bridgehead atoms. The first kappa shape index (κ1) is 14.0. The Hall–Kier alpha value is -1.92. The molecular weight excluding hydrogens is 270 g/mol. The van der Waals surface area contributed by atoms with Crippen LogP contribution in [0.1, 0.15) is 12.2 Å². The van der Waals surface area contributed by atoms with Crippen molar-refractivity contribution in [3.63, 3.8) is 0 Å². The zero-order valence-electron chi connectivity index (χ0n) is 12.0. The summed E-state index contributed by atoms with van der Waals surface area (Å²) >= 11 is 0. The van der Waals surface area contributed by atoms with Gasteiger partial charge in [0.15, 0.2) is 0 Å². The first-order valence-electron chi connectivity index (χ1n) is 7.09.